The number of hydrogen-bond donors (Lipinski definition) is 1. The van der Waals surface area contributed by atoms with Crippen molar-refractivity contribution in [2.24, 2.45) is 11.7 Å². The number of halogens is 2. The number of thiazole rings is 1. The lowest BCUT2D eigenvalue weighted by molar-refractivity contribution is -0.136. The Labute approximate surface area is 155 Å². The van der Waals surface area contributed by atoms with Crippen LogP contribution in [0.3, 0.4) is 0 Å². The Kier molecular flexibility index (Phi) is 8.28. The van der Waals surface area contributed by atoms with Crippen LogP contribution < -0.4 is 5.73 Å². The number of piperidine rings is 1. The van der Waals surface area contributed by atoms with E-state index in [1.807, 2.05) is 6.92 Å². The summed E-state index contributed by atoms with van der Waals surface area (Å²) in [5, 5.41) is 3.19. The predicted molar refractivity (Wildman–Crippen MR) is 99.6 cm³/mol. The van der Waals surface area contributed by atoms with Crippen LogP contribution in [-0.4, -0.2) is 28.4 Å². The molecule has 2 heterocycles. The van der Waals surface area contributed by atoms with Gasteiger partial charge in [-0.15, -0.1) is 36.2 Å². The van der Waals surface area contributed by atoms with Crippen LogP contribution in [0.25, 0.3) is 0 Å². The summed E-state index contributed by atoms with van der Waals surface area (Å²) >= 11 is 1.69. The van der Waals surface area contributed by atoms with Crippen molar-refractivity contribution in [1.82, 2.24) is 9.88 Å². The van der Waals surface area contributed by atoms with Gasteiger partial charge >= 0.3 is 0 Å². The molecule has 1 aromatic heterocycles. The molecule has 2 aliphatic rings. The fraction of sp³-hybridized carbons (Fsp3) is 0.750. The minimum absolute atomic E-state index is 0. The molecule has 2 fully saturated rings. The summed E-state index contributed by atoms with van der Waals surface area (Å²) in [6, 6.07) is 0.418. The molecule has 23 heavy (non-hydrogen) atoms. The molecule has 3 atom stereocenters. The number of carbonyl (C=O) groups is 1. The van der Waals surface area contributed by atoms with Crippen LogP contribution in [0.15, 0.2) is 5.38 Å². The highest BCUT2D eigenvalue weighted by atomic mass is 35.5. The summed E-state index contributed by atoms with van der Waals surface area (Å²) in [6.07, 6.45) is 7.35. The topological polar surface area (TPSA) is 59.2 Å². The van der Waals surface area contributed by atoms with Gasteiger partial charge in [0.15, 0.2) is 0 Å². The fourth-order valence-corrected chi connectivity index (χ4v) is 4.62. The molecular formula is C16H27Cl2N3OS. The second-order valence-corrected chi connectivity index (χ2v) is 7.37. The summed E-state index contributed by atoms with van der Waals surface area (Å²) in [6.45, 7) is 2.90. The highest BCUT2D eigenvalue weighted by Crippen LogP contribution is 2.35. The molecule has 7 heteroatoms. The van der Waals surface area contributed by atoms with Gasteiger partial charge in [0.25, 0.3) is 0 Å². The number of nitrogens with two attached hydrogens (primary N) is 1. The third kappa shape index (κ3) is 4.81. The fourth-order valence-electron chi connectivity index (χ4n) is 3.67. The average Bonchev–Trinajstić information content (AvgIpc) is 3.08. The number of rotatable bonds is 3. The molecule has 0 spiro atoms. The van der Waals surface area contributed by atoms with Crippen molar-refractivity contribution in [3.63, 3.8) is 0 Å². The Morgan fingerprint density at radius 2 is 2.09 bits per heavy atom. The number of likely N-dealkylation sites (tertiary alicyclic amines) is 1. The Morgan fingerprint density at radius 1 is 1.30 bits per heavy atom. The van der Waals surface area contributed by atoms with Crippen molar-refractivity contribution in [2.45, 2.75) is 64.0 Å². The first kappa shape index (κ1) is 20.7. The van der Waals surface area contributed by atoms with E-state index in [4.69, 9.17) is 5.73 Å². The summed E-state index contributed by atoms with van der Waals surface area (Å²) in [5.41, 5.74) is 7.19. The lowest BCUT2D eigenvalue weighted by atomic mass is 9.96. The van der Waals surface area contributed by atoms with Gasteiger partial charge < -0.3 is 10.6 Å². The maximum absolute atomic E-state index is 12.7. The van der Waals surface area contributed by atoms with Gasteiger partial charge in [-0.2, -0.15) is 0 Å². The highest BCUT2D eigenvalue weighted by Gasteiger charge is 2.33. The van der Waals surface area contributed by atoms with Gasteiger partial charge in [-0.1, -0.05) is 6.42 Å². The third-order valence-electron chi connectivity index (χ3n) is 4.90. The van der Waals surface area contributed by atoms with Gasteiger partial charge in [0.1, 0.15) is 5.01 Å². The standard InChI is InChI=1S/C16H25N3OS.2ClH/c1-11-10-21-16(18-11)14-7-2-3-8-19(14)15(20)9-12-5-4-6-13(12)17;;/h10,12-14H,2-9,17H2,1H3;2*1H/t12-,13+,14?;;/m0../s1. The van der Waals surface area contributed by atoms with Crippen LogP contribution in [-0.2, 0) is 4.79 Å². The van der Waals surface area contributed by atoms with Crippen molar-refractivity contribution in [2.75, 3.05) is 6.54 Å². The number of nitrogens with zero attached hydrogens (tertiary/aromatic N) is 2. The van der Waals surface area contributed by atoms with Gasteiger partial charge in [0.05, 0.1) is 6.04 Å². The van der Waals surface area contributed by atoms with Crippen molar-refractivity contribution in [3.05, 3.63) is 16.1 Å². The maximum atomic E-state index is 12.7. The molecule has 1 aliphatic carbocycles. The molecule has 0 radical (unpaired) electrons. The summed E-state index contributed by atoms with van der Waals surface area (Å²) in [4.78, 5) is 19.4. The van der Waals surface area contributed by atoms with Crippen LogP contribution in [0.5, 0.6) is 0 Å². The molecule has 0 bridgehead atoms. The largest absolute Gasteiger partial charge is 0.333 e. The van der Waals surface area contributed by atoms with Crippen molar-refractivity contribution in [1.29, 1.82) is 0 Å². The molecule has 132 valence electrons. The first-order chi connectivity index (χ1) is 10.1. The van der Waals surface area contributed by atoms with E-state index in [1.54, 1.807) is 11.3 Å². The smallest absolute Gasteiger partial charge is 0.223 e. The van der Waals surface area contributed by atoms with Crippen LogP contribution in [0.1, 0.15) is 61.7 Å². The molecule has 0 aromatic carbocycles. The van der Waals surface area contributed by atoms with Gasteiger partial charge in [-0.3, -0.25) is 4.79 Å². The lowest BCUT2D eigenvalue weighted by Gasteiger charge is -2.35. The number of aromatic nitrogens is 1. The average molecular weight is 380 g/mol. The summed E-state index contributed by atoms with van der Waals surface area (Å²) < 4.78 is 0. The lowest BCUT2D eigenvalue weighted by Crippen LogP contribution is -2.40. The minimum atomic E-state index is 0. The predicted octanol–water partition coefficient (Wildman–Crippen LogP) is 3.87. The van der Waals surface area contributed by atoms with Crippen molar-refractivity contribution in [3.8, 4) is 0 Å². The quantitative estimate of drug-likeness (QED) is 0.866. The summed E-state index contributed by atoms with van der Waals surface area (Å²) in [5.74, 6) is 0.674. The second kappa shape index (κ2) is 9.21. The monoisotopic (exact) mass is 379 g/mol. The van der Waals surface area contributed by atoms with E-state index in [2.05, 4.69) is 15.3 Å². The molecule has 2 N–H and O–H groups in total. The van der Waals surface area contributed by atoms with E-state index in [9.17, 15) is 4.79 Å². The van der Waals surface area contributed by atoms with E-state index >= 15 is 0 Å². The van der Waals surface area contributed by atoms with E-state index < -0.39 is 0 Å². The SMILES string of the molecule is Cc1csc(C2CCCCN2C(=O)C[C@@H]2CCC[C@H]2N)n1.Cl.Cl. The first-order valence-electron chi connectivity index (χ1n) is 8.12. The van der Waals surface area contributed by atoms with Gasteiger partial charge in [-0.05, 0) is 44.9 Å². The highest BCUT2D eigenvalue weighted by molar-refractivity contribution is 7.09. The van der Waals surface area contributed by atoms with Gasteiger partial charge in [0, 0.05) is 30.1 Å². The van der Waals surface area contributed by atoms with Gasteiger partial charge in [-0.25, -0.2) is 4.98 Å². The van der Waals surface area contributed by atoms with Crippen molar-refractivity contribution < 1.29 is 4.79 Å². The molecular weight excluding hydrogens is 353 g/mol. The second-order valence-electron chi connectivity index (χ2n) is 6.48. The number of hydrogen-bond acceptors (Lipinski definition) is 4. The Balaban J connectivity index is 0.00000132. The Bertz CT molecular complexity index is 511. The molecule has 3 rings (SSSR count). The molecule has 4 nitrogen and oxygen atoms in total. The van der Waals surface area contributed by atoms with Crippen LogP contribution >= 0.6 is 36.2 Å². The van der Waals surface area contributed by atoms with Gasteiger partial charge in [0.2, 0.25) is 5.91 Å². The summed E-state index contributed by atoms with van der Waals surface area (Å²) in [7, 11) is 0. The Hall–Kier alpha value is -0.360. The zero-order valence-electron chi connectivity index (χ0n) is 13.6. The maximum Gasteiger partial charge on any atom is 0.223 e. The molecule has 1 aliphatic heterocycles. The molecule has 1 amide bonds. The van der Waals surface area contributed by atoms with Crippen LogP contribution in [0.4, 0.5) is 0 Å². The Morgan fingerprint density at radius 3 is 2.70 bits per heavy atom. The van der Waals surface area contributed by atoms with Crippen molar-refractivity contribution >= 4 is 42.1 Å². The van der Waals surface area contributed by atoms with E-state index in [-0.39, 0.29) is 42.8 Å². The van der Waals surface area contributed by atoms with Crippen LogP contribution in [0.2, 0.25) is 0 Å². The zero-order valence-corrected chi connectivity index (χ0v) is 16.0. The molecule has 1 aromatic rings. The first-order valence-corrected chi connectivity index (χ1v) is 9.00. The number of aryl methyl sites for hydroxylation is 1. The van der Waals surface area contributed by atoms with E-state index in [1.165, 1.54) is 12.8 Å². The molecule has 1 saturated carbocycles. The molecule has 1 unspecified atom stereocenters. The third-order valence-corrected chi connectivity index (χ3v) is 5.96. The number of carbonyl (C=O) groups excluding carboxylic acids is 1. The van der Waals surface area contributed by atoms with E-state index in [0.29, 0.717) is 12.3 Å². The number of amides is 1. The zero-order chi connectivity index (χ0) is 14.8. The van der Waals surface area contributed by atoms with E-state index in [0.717, 1.165) is 42.9 Å². The van der Waals surface area contributed by atoms with Crippen LogP contribution in [0, 0.1) is 12.8 Å². The normalized spacial score (nSPS) is 27.2. The minimum Gasteiger partial charge on any atom is -0.333 e. The molecule has 1 saturated heterocycles.